The van der Waals surface area contributed by atoms with Crippen LogP contribution in [0.4, 0.5) is 5.82 Å². The van der Waals surface area contributed by atoms with Crippen LogP contribution in [0.25, 0.3) is 0 Å². The van der Waals surface area contributed by atoms with Gasteiger partial charge in [0.15, 0.2) is 0 Å². The summed E-state index contributed by atoms with van der Waals surface area (Å²) in [6, 6.07) is 4.08. The van der Waals surface area contributed by atoms with Crippen LogP contribution in [0.5, 0.6) is 0 Å². The summed E-state index contributed by atoms with van der Waals surface area (Å²) >= 11 is 0. The van der Waals surface area contributed by atoms with Crippen molar-refractivity contribution in [2.24, 2.45) is 0 Å². The molecule has 0 aromatic carbocycles. The minimum absolute atomic E-state index is 0.139. The second-order valence-electron chi connectivity index (χ2n) is 4.90. The number of pyridine rings is 1. The van der Waals surface area contributed by atoms with Gasteiger partial charge in [0.1, 0.15) is 5.82 Å². The molecule has 20 heavy (non-hydrogen) atoms. The van der Waals surface area contributed by atoms with Crippen LogP contribution in [0, 0.1) is 0 Å². The monoisotopic (exact) mass is 277 g/mol. The van der Waals surface area contributed by atoms with E-state index < -0.39 is 0 Å². The van der Waals surface area contributed by atoms with E-state index in [0.29, 0.717) is 6.42 Å². The maximum atomic E-state index is 11.7. The van der Waals surface area contributed by atoms with Crippen molar-refractivity contribution in [2.75, 3.05) is 24.5 Å². The van der Waals surface area contributed by atoms with Crippen LogP contribution in [0.15, 0.2) is 18.3 Å². The van der Waals surface area contributed by atoms with Gasteiger partial charge in [-0.05, 0) is 44.4 Å². The molecule has 1 amide bonds. The molecule has 4 heteroatoms. The van der Waals surface area contributed by atoms with Gasteiger partial charge in [-0.15, -0.1) is 0 Å². The number of aromatic nitrogens is 1. The molecule has 1 rings (SSSR count). The topological polar surface area (TPSA) is 45.2 Å². The number of carbonyl (C=O) groups is 1. The fourth-order valence-corrected chi connectivity index (χ4v) is 2.09. The first kappa shape index (κ1) is 16.5. The lowest BCUT2D eigenvalue weighted by Gasteiger charge is -2.20. The molecular formula is C16H27N3O. The van der Waals surface area contributed by atoms with Crippen LogP contribution in [0.3, 0.4) is 0 Å². The van der Waals surface area contributed by atoms with Crippen molar-refractivity contribution in [2.45, 2.75) is 46.5 Å². The van der Waals surface area contributed by atoms with Crippen LogP contribution >= 0.6 is 0 Å². The smallest absolute Gasteiger partial charge is 0.220 e. The molecule has 0 spiro atoms. The number of carbonyl (C=O) groups excluding carboxylic acids is 1. The van der Waals surface area contributed by atoms with E-state index >= 15 is 0 Å². The van der Waals surface area contributed by atoms with Gasteiger partial charge in [-0.1, -0.05) is 13.3 Å². The van der Waals surface area contributed by atoms with E-state index in [0.717, 1.165) is 44.7 Å². The molecule has 0 unspecified atom stereocenters. The number of aryl methyl sites for hydroxylation is 1. The molecule has 0 bridgehead atoms. The van der Waals surface area contributed by atoms with E-state index in [1.807, 2.05) is 12.3 Å². The second-order valence-corrected chi connectivity index (χ2v) is 4.90. The van der Waals surface area contributed by atoms with E-state index in [-0.39, 0.29) is 5.91 Å². The number of hydrogen-bond donors (Lipinski definition) is 1. The first-order valence-electron chi connectivity index (χ1n) is 7.67. The highest BCUT2D eigenvalue weighted by molar-refractivity contribution is 5.76. The summed E-state index contributed by atoms with van der Waals surface area (Å²) in [7, 11) is 0. The molecule has 0 aliphatic rings. The van der Waals surface area contributed by atoms with Gasteiger partial charge in [-0.25, -0.2) is 4.98 Å². The van der Waals surface area contributed by atoms with Crippen molar-refractivity contribution in [3.8, 4) is 0 Å². The highest BCUT2D eigenvalue weighted by Gasteiger charge is 2.06. The first-order valence-corrected chi connectivity index (χ1v) is 7.67. The fourth-order valence-electron chi connectivity index (χ4n) is 2.09. The van der Waals surface area contributed by atoms with Crippen LogP contribution in [0.2, 0.25) is 0 Å². The summed E-state index contributed by atoms with van der Waals surface area (Å²) < 4.78 is 0. The van der Waals surface area contributed by atoms with E-state index in [1.165, 1.54) is 5.56 Å². The standard InChI is InChI=1S/C16H27N3O/c1-4-7-11-18-16(20)9-8-14-10-12-17-15(13-14)19(5-2)6-3/h10,12-13H,4-9,11H2,1-3H3,(H,18,20). The largest absolute Gasteiger partial charge is 0.357 e. The SMILES string of the molecule is CCCCNC(=O)CCc1ccnc(N(CC)CC)c1. The van der Waals surface area contributed by atoms with E-state index in [9.17, 15) is 4.79 Å². The van der Waals surface area contributed by atoms with Crippen LogP contribution in [0.1, 0.15) is 45.6 Å². The minimum atomic E-state index is 0.139. The first-order chi connectivity index (χ1) is 9.71. The van der Waals surface area contributed by atoms with Crippen molar-refractivity contribution >= 4 is 11.7 Å². The van der Waals surface area contributed by atoms with Gasteiger partial charge in [0.2, 0.25) is 5.91 Å². The lowest BCUT2D eigenvalue weighted by atomic mass is 10.1. The Hall–Kier alpha value is -1.58. The Balaban J connectivity index is 2.48. The van der Waals surface area contributed by atoms with Crippen molar-refractivity contribution < 1.29 is 4.79 Å². The molecule has 1 heterocycles. The van der Waals surface area contributed by atoms with Gasteiger partial charge in [0.05, 0.1) is 0 Å². The Kier molecular flexibility index (Phi) is 7.70. The third-order valence-electron chi connectivity index (χ3n) is 3.39. The molecule has 1 aromatic rings. The number of hydrogen-bond acceptors (Lipinski definition) is 3. The van der Waals surface area contributed by atoms with Gasteiger partial charge in [0.25, 0.3) is 0 Å². The van der Waals surface area contributed by atoms with Gasteiger partial charge in [0, 0.05) is 32.3 Å². The Morgan fingerprint density at radius 1 is 1.30 bits per heavy atom. The van der Waals surface area contributed by atoms with Crippen molar-refractivity contribution in [3.05, 3.63) is 23.9 Å². The number of amides is 1. The third kappa shape index (κ3) is 5.59. The lowest BCUT2D eigenvalue weighted by molar-refractivity contribution is -0.121. The fraction of sp³-hybridized carbons (Fsp3) is 0.625. The number of anilines is 1. The lowest BCUT2D eigenvalue weighted by Crippen LogP contribution is -2.25. The summed E-state index contributed by atoms with van der Waals surface area (Å²) in [4.78, 5) is 18.3. The summed E-state index contributed by atoms with van der Waals surface area (Å²) in [5, 5.41) is 2.95. The Bertz CT molecular complexity index is 402. The zero-order chi connectivity index (χ0) is 14.8. The molecule has 1 N–H and O–H groups in total. The number of nitrogens with one attached hydrogen (secondary N) is 1. The number of rotatable bonds is 9. The molecular weight excluding hydrogens is 250 g/mol. The number of nitrogens with zero attached hydrogens (tertiary/aromatic N) is 2. The molecule has 4 nitrogen and oxygen atoms in total. The Morgan fingerprint density at radius 3 is 2.70 bits per heavy atom. The molecule has 112 valence electrons. The predicted octanol–water partition coefficient (Wildman–Crippen LogP) is 2.78. The van der Waals surface area contributed by atoms with Crippen molar-refractivity contribution in [1.29, 1.82) is 0 Å². The van der Waals surface area contributed by atoms with E-state index in [2.05, 4.69) is 42.0 Å². The normalized spacial score (nSPS) is 10.3. The van der Waals surface area contributed by atoms with Crippen LogP contribution < -0.4 is 10.2 Å². The molecule has 0 fully saturated rings. The summed E-state index contributed by atoms with van der Waals surface area (Å²) in [6.07, 6.45) is 5.31. The van der Waals surface area contributed by atoms with Gasteiger partial charge < -0.3 is 10.2 Å². The van der Waals surface area contributed by atoms with Gasteiger partial charge in [-0.3, -0.25) is 4.79 Å². The number of unbranched alkanes of at least 4 members (excludes halogenated alkanes) is 1. The molecule has 1 aromatic heterocycles. The average Bonchev–Trinajstić information content (AvgIpc) is 2.47. The minimum Gasteiger partial charge on any atom is -0.357 e. The maximum Gasteiger partial charge on any atom is 0.220 e. The van der Waals surface area contributed by atoms with Crippen molar-refractivity contribution in [1.82, 2.24) is 10.3 Å². The zero-order valence-corrected chi connectivity index (χ0v) is 13.0. The molecule has 0 saturated heterocycles. The molecule has 0 atom stereocenters. The summed E-state index contributed by atoms with van der Waals surface area (Å²) in [6.45, 7) is 9.06. The maximum absolute atomic E-state index is 11.7. The second kappa shape index (κ2) is 9.34. The Labute approximate surface area is 122 Å². The molecule has 0 radical (unpaired) electrons. The molecule has 0 saturated carbocycles. The quantitative estimate of drug-likeness (QED) is 0.706. The van der Waals surface area contributed by atoms with Crippen LogP contribution in [-0.4, -0.2) is 30.5 Å². The zero-order valence-electron chi connectivity index (χ0n) is 13.0. The van der Waals surface area contributed by atoms with Gasteiger partial charge in [-0.2, -0.15) is 0 Å². The van der Waals surface area contributed by atoms with Gasteiger partial charge >= 0.3 is 0 Å². The average molecular weight is 277 g/mol. The highest BCUT2D eigenvalue weighted by Crippen LogP contribution is 2.13. The van der Waals surface area contributed by atoms with E-state index in [4.69, 9.17) is 0 Å². The highest BCUT2D eigenvalue weighted by atomic mass is 16.1. The molecule has 0 aliphatic carbocycles. The third-order valence-corrected chi connectivity index (χ3v) is 3.39. The molecule has 0 aliphatic heterocycles. The van der Waals surface area contributed by atoms with Crippen LogP contribution in [-0.2, 0) is 11.2 Å². The summed E-state index contributed by atoms with van der Waals surface area (Å²) in [5.41, 5.74) is 1.17. The summed E-state index contributed by atoms with van der Waals surface area (Å²) in [5.74, 6) is 1.14. The Morgan fingerprint density at radius 2 is 2.05 bits per heavy atom. The van der Waals surface area contributed by atoms with Crippen molar-refractivity contribution in [3.63, 3.8) is 0 Å². The predicted molar refractivity (Wildman–Crippen MR) is 84.0 cm³/mol. The van der Waals surface area contributed by atoms with E-state index in [1.54, 1.807) is 0 Å².